The van der Waals surface area contributed by atoms with Gasteiger partial charge >= 0.3 is 12.5 Å². The lowest BCUT2D eigenvalue weighted by atomic mass is 10.1. The van der Waals surface area contributed by atoms with Gasteiger partial charge in [0.2, 0.25) is 5.91 Å². The molecule has 0 unspecified atom stereocenters. The van der Waals surface area contributed by atoms with Crippen molar-refractivity contribution in [3.05, 3.63) is 65.2 Å². The van der Waals surface area contributed by atoms with Gasteiger partial charge in [0, 0.05) is 31.7 Å². The maximum Gasteiger partial charge on any atom is 0.573 e. The Kier molecular flexibility index (Phi) is 6.65. The minimum Gasteiger partial charge on any atom is -0.406 e. The molecule has 0 bridgehead atoms. The molecule has 0 aromatic heterocycles. The van der Waals surface area contributed by atoms with E-state index in [1.165, 1.54) is 21.9 Å². The second kappa shape index (κ2) is 9.09. The molecule has 0 aliphatic carbocycles. The highest BCUT2D eigenvalue weighted by Gasteiger charge is 2.32. The fourth-order valence-electron chi connectivity index (χ4n) is 3.24. The molecule has 0 N–H and O–H groups in total. The Labute approximate surface area is 179 Å². The van der Waals surface area contributed by atoms with Crippen LogP contribution in [0.5, 0.6) is 5.75 Å². The Morgan fingerprint density at radius 1 is 0.781 bits per heavy atom. The zero-order chi connectivity index (χ0) is 23.5. The van der Waals surface area contributed by atoms with E-state index in [0.717, 1.165) is 36.4 Å². The molecule has 32 heavy (non-hydrogen) atoms. The van der Waals surface area contributed by atoms with Gasteiger partial charge < -0.3 is 14.5 Å². The first-order valence-corrected chi connectivity index (χ1v) is 9.51. The number of carbonyl (C=O) groups is 2. The van der Waals surface area contributed by atoms with Crippen LogP contribution in [0.4, 0.5) is 26.3 Å². The molecule has 11 heteroatoms. The lowest BCUT2D eigenvalue weighted by molar-refractivity contribution is -0.274. The van der Waals surface area contributed by atoms with Gasteiger partial charge in [-0.15, -0.1) is 13.2 Å². The number of amides is 2. The molecule has 2 aromatic carbocycles. The minimum atomic E-state index is -4.80. The second-order valence-electron chi connectivity index (χ2n) is 7.12. The van der Waals surface area contributed by atoms with Crippen molar-refractivity contribution in [3.8, 4) is 5.75 Å². The van der Waals surface area contributed by atoms with Gasteiger partial charge in [-0.2, -0.15) is 13.2 Å². The van der Waals surface area contributed by atoms with Crippen LogP contribution >= 0.6 is 0 Å². The first-order valence-electron chi connectivity index (χ1n) is 9.51. The molecule has 2 amide bonds. The van der Waals surface area contributed by atoms with E-state index in [2.05, 4.69) is 4.74 Å². The predicted molar refractivity (Wildman–Crippen MR) is 101 cm³/mol. The number of nitrogens with zero attached hydrogens (tertiary/aromatic N) is 2. The fraction of sp³-hybridized carbons (Fsp3) is 0.333. The van der Waals surface area contributed by atoms with Crippen molar-refractivity contribution in [1.29, 1.82) is 0 Å². The first-order chi connectivity index (χ1) is 14.9. The van der Waals surface area contributed by atoms with Crippen molar-refractivity contribution in [2.75, 3.05) is 26.2 Å². The number of alkyl halides is 6. The third-order valence-corrected chi connectivity index (χ3v) is 4.89. The standard InChI is InChI=1S/C21H18F6N2O3/c22-20(23,24)16-5-3-15(4-6-16)19(31)29-11-9-28(10-12-29)18(30)13-14-1-7-17(8-2-14)32-21(25,26)27/h1-8H,9-13H2. The summed E-state index contributed by atoms with van der Waals surface area (Å²) in [7, 11) is 0. The molecule has 172 valence electrons. The Balaban J connectivity index is 1.51. The summed E-state index contributed by atoms with van der Waals surface area (Å²) in [5.41, 5.74) is -0.214. The minimum absolute atomic E-state index is 0.0286. The highest BCUT2D eigenvalue weighted by molar-refractivity contribution is 5.94. The van der Waals surface area contributed by atoms with Gasteiger partial charge in [0.1, 0.15) is 5.75 Å². The van der Waals surface area contributed by atoms with Crippen LogP contribution in [0.1, 0.15) is 21.5 Å². The first kappa shape index (κ1) is 23.4. The Morgan fingerprint density at radius 2 is 1.31 bits per heavy atom. The molecule has 0 atom stereocenters. The predicted octanol–water partition coefficient (Wildman–Crippen LogP) is 4.13. The molecular weight excluding hydrogens is 442 g/mol. The van der Waals surface area contributed by atoms with E-state index in [1.54, 1.807) is 0 Å². The van der Waals surface area contributed by atoms with Crippen LogP contribution in [0.2, 0.25) is 0 Å². The van der Waals surface area contributed by atoms with Gasteiger partial charge in [-0.1, -0.05) is 12.1 Å². The maximum absolute atomic E-state index is 12.7. The van der Waals surface area contributed by atoms with Crippen molar-refractivity contribution in [2.45, 2.75) is 19.0 Å². The van der Waals surface area contributed by atoms with Gasteiger partial charge in [0.15, 0.2) is 0 Å². The van der Waals surface area contributed by atoms with E-state index < -0.39 is 24.0 Å². The summed E-state index contributed by atoms with van der Waals surface area (Å²) < 4.78 is 78.3. The van der Waals surface area contributed by atoms with E-state index >= 15 is 0 Å². The molecule has 1 heterocycles. The summed E-state index contributed by atoms with van der Waals surface area (Å²) in [6.45, 7) is 0.898. The molecule has 0 radical (unpaired) electrons. The van der Waals surface area contributed by atoms with Crippen LogP contribution in [0.25, 0.3) is 0 Å². The largest absolute Gasteiger partial charge is 0.573 e. The highest BCUT2D eigenvalue weighted by Crippen LogP contribution is 2.29. The number of piperazine rings is 1. The molecule has 2 aromatic rings. The van der Waals surface area contributed by atoms with Crippen molar-refractivity contribution in [1.82, 2.24) is 9.80 Å². The molecule has 1 fully saturated rings. The molecule has 1 saturated heterocycles. The lowest BCUT2D eigenvalue weighted by Gasteiger charge is -2.35. The van der Waals surface area contributed by atoms with Gasteiger partial charge in [0.25, 0.3) is 5.91 Å². The second-order valence-corrected chi connectivity index (χ2v) is 7.12. The number of ether oxygens (including phenoxy) is 1. The average Bonchev–Trinajstić information content (AvgIpc) is 2.73. The fourth-order valence-corrected chi connectivity index (χ4v) is 3.24. The number of benzene rings is 2. The van der Waals surface area contributed by atoms with E-state index in [0.29, 0.717) is 5.56 Å². The summed E-state index contributed by atoms with van der Waals surface area (Å²) in [5.74, 6) is -1.06. The van der Waals surface area contributed by atoms with Crippen molar-refractivity contribution < 1.29 is 40.7 Å². The molecule has 1 aliphatic heterocycles. The summed E-state index contributed by atoms with van der Waals surface area (Å²) in [4.78, 5) is 28.0. The molecule has 1 aliphatic rings. The zero-order valence-electron chi connectivity index (χ0n) is 16.5. The van der Waals surface area contributed by atoms with E-state index in [-0.39, 0.29) is 49.8 Å². The third-order valence-electron chi connectivity index (χ3n) is 4.89. The summed E-state index contributed by atoms with van der Waals surface area (Å²) >= 11 is 0. The molecule has 5 nitrogen and oxygen atoms in total. The van der Waals surface area contributed by atoms with E-state index in [9.17, 15) is 35.9 Å². The topological polar surface area (TPSA) is 49.9 Å². The van der Waals surface area contributed by atoms with Gasteiger partial charge in [0.05, 0.1) is 12.0 Å². The van der Waals surface area contributed by atoms with Crippen LogP contribution in [0.3, 0.4) is 0 Å². The quantitative estimate of drug-likeness (QED) is 0.645. The summed E-state index contributed by atoms with van der Waals surface area (Å²) in [5, 5.41) is 0. The van der Waals surface area contributed by atoms with E-state index in [4.69, 9.17) is 0 Å². The Bertz CT molecular complexity index is 947. The van der Waals surface area contributed by atoms with Crippen molar-refractivity contribution >= 4 is 11.8 Å². The van der Waals surface area contributed by atoms with Crippen LogP contribution in [-0.4, -0.2) is 54.2 Å². The summed E-state index contributed by atoms with van der Waals surface area (Å²) in [6.07, 6.45) is -9.31. The third kappa shape index (κ3) is 6.14. The number of rotatable bonds is 4. The number of carbonyl (C=O) groups excluding carboxylic acids is 2. The van der Waals surface area contributed by atoms with Crippen LogP contribution in [0.15, 0.2) is 48.5 Å². The summed E-state index contributed by atoms with van der Waals surface area (Å²) in [6, 6.07) is 8.90. The molecule has 0 saturated carbocycles. The Morgan fingerprint density at radius 3 is 1.81 bits per heavy atom. The monoisotopic (exact) mass is 460 g/mol. The smallest absolute Gasteiger partial charge is 0.406 e. The van der Waals surface area contributed by atoms with Crippen molar-refractivity contribution in [3.63, 3.8) is 0 Å². The molecular formula is C21H18F6N2O3. The van der Waals surface area contributed by atoms with Gasteiger partial charge in [-0.3, -0.25) is 9.59 Å². The normalized spacial score (nSPS) is 14.9. The Hall–Kier alpha value is -3.24. The molecule has 0 spiro atoms. The highest BCUT2D eigenvalue weighted by atomic mass is 19.4. The number of hydrogen-bond acceptors (Lipinski definition) is 3. The van der Waals surface area contributed by atoms with Gasteiger partial charge in [-0.25, -0.2) is 0 Å². The zero-order valence-corrected chi connectivity index (χ0v) is 16.5. The van der Waals surface area contributed by atoms with Crippen LogP contribution in [-0.2, 0) is 17.4 Å². The lowest BCUT2D eigenvalue weighted by Crippen LogP contribution is -2.51. The average molecular weight is 460 g/mol. The maximum atomic E-state index is 12.7. The van der Waals surface area contributed by atoms with Crippen molar-refractivity contribution in [2.24, 2.45) is 0 Å². The SMILES string of the molecule is O=C(Cc1ccc(OC(F)(F)F)cc1)N1CCN(C(=O)c2ccc(C(F)(F)F)cc2)CC1. The van der Waals surface area contributed by atoms with Gasteiger partial charge in [-0.05, 0) is 42.0 Å². The number of hydrogen-bond donors (Lipinski definition) is 0. The molecule has 3 rings (SSSR count). The van der Waals surface area contributed by atoms with E-state index in [1.807, 2.05) is 0 Å². The van der Waals surface area contributed by atoms with Crippen LogP contribution < -0.4 is 4.74 Å². The van der Waals surface area contributed by atoms with Crippen LogP contribution in [0, 0.1) is 0 Å². The number of halogens is 6.